The van der Waals surface area contributed by atoms with Gasteiger partial charge in [0.05, 0.1) is 19.1 Å². The van der Waals surface area contributed by atoms with E-state index in [1.165, 1.54) is 13.2 Å². The molecule has 1 aromatic rings. The van der Waals surface area contributed by atoms with E-state index in [4.69, 9.17) is 4.74 Å². The molecule has 1 aliphatic rings. The van der Waals surface area contributed by atoms with Gasteiger partial charge in [0.2, 0.25) is 0 Å². The molecule has 160 valence electrons. The number of carbonyl (C=O) groups is 1. The lowest BCUT2D eigenvalue weighted by Crippen LogP contribution is -2.46. The van der Waals surface area contributed by atoms with Gasteiger partial charge in [0, 0.05) is 38.4 Å². The van der Waals surface area contributed by atoms with E-state index in [1.807, 2.05) is 11.8 Å². The molecule has 0 amide bonds. The molecule has 28 heavy (non-hydrogen) atoms. The Bertz CT molecular complexity index is 670. The molecule has 0 saturated carbocycles. The number of carbonyl (C=O) groups excluding carboxylic acids is 1. The Morgan fingerprint density at radius 1 is 1.36 bits per heavy atom. The van der Waals surface area contributed by atoms with Gasteiger partial charge in [-0.15, -0.1) is 24.0 Å². The third-order valence-corrected chi connectivity index (χ3v) is 4.32. The monoisotopic (exact) mass is 517 g/mol. The van der Waals surface area contributed by atoms with Gasteiger partial charge in [0.25, 0.3) is 0 Å². The van der Waals surface area contributed by atoms with E-state index in [2.05, 4.69) is 15.4 Å². The molecule has 2 heterocycles. The standard InChI is InChI=1S/C17H26F3N5O2.HI/c1-4-21-16(25-8-6-12(7-9-25)15(26)27-5-2)22-10-13-11-24(3)23-14(13)17(18,19)20;/h11-12H,4-10H2,1-3H3,(H,21,22);1H. The molecule has 0 aromatic carbocycles. The Balaban J connectivity index is 0.00000392. The second-order valence-electron chi connectivity index (χ2n) is 6.36. The SMILES string of the molecule is CCNC(=NCc1cn(C)nc1C(F)(F)F)N1CCC(C(=O)OCC)CC1.I. The molecular weight excluding hydrogens is 490 g/mol. The lowest BCUT2D eigenvalue weighted by Gasteiger charge is -2.33. The summed E-state index contributed by atoms with van der Waals surface area (Å²) in [4.78, 5) is 18.2. The maximum absolute atomic E-state index is 13.1. The third-order valence-electron chi connectivity index (χ3n) is 4.32. The number of aryl methyl sites for hydroxylation is 1. The number of aromatic nitrogens is 2. The minimum absolute atomic E-state index is 0. The molecule has 2 rings (SSSR count). The number of piperidine rings is 1. The third kappa shape index (κ3) is 6.52. The zero-order chi connectivity index (χ0) is 20.0. The first-order valence-corrected chi connectivity index (χ1v) is 9.05. The Morgan fingerprint density at radius 3 is 2.54 bits per heavy atom. The van der Waals surface area contributed by atoms with Crippen molar-refractivity contribution in [1.82, 2.24) is 20.0 Å². The molecule has 1 fully saturated rings. The number of nitrogens with one attached hydrogen (secondary N) is 1. The lowest BCUT2D eigenvalue weighted by atomic mass is 9.97. The first-order chi connectivity index (χ1) is 12.8. The molecule has 1 aliphatic heterocycles. The Labute approximate surface area is 179 Å². The van der Waals surface area contributed by atoms with Crippen LogP contribution in [0.2, 0.25) is 0 Å². The van der Waals surface area contributed by atoms with Crippen molar-refractivity contribution >= 4 is 35.9 Å². The van der Waals surface area contributed by atoms with Crippen LogP contribution in [0.15, 0.2) is 11.2 Å². The van der Waals surface area contributed by atoms with Crippen LogP contribution in [0, 0.1) is 5.92 Å². The number of rotatable bonds is 5. The smallest absolute Gasteiger partial charge is 0.435 e. The molecule has 0 atom stereocenters. The van der Waals surface area contributed by atoms with Crippen molar-refractivity contribution in [2.75, 3.05) is 26.2 Å². The fourth-order valence-corrected chi connectivity index (χ4v) is 3.06. The van der Waals surface area contributed by atoms with Crippen LogP contribution in [0.3, 0.4) is 0 Å². The van der Waals surface area contributed by atoms with Crippen molar-refractivity contribution in [3.8, 4) is 0 Å². The summed E-state index contributed by atoms with van der Waals surface area (Å²) in [6.45, 7) is 5.68. The van der Waals surface area contributed by atoms with E-state index in [1.54, 1.807) is 6.92 Å². The first-order valence-electron chi connectivity index (χ1n) is 9.05. The molecular formula is C17H27F3IN5O2. The molecule has 1 N–H and O–H groups in total. The summed E-state index contributed by atoms with van der Waals surface area (Å²) in [5, 5.41) is 6.61. The van der Waals surface area contributed by atoms with Gasteiger partial charge in [-0.3, -0.25) is 9.48 Å². The highest BCUT2D eigenvalue weighted by molar-refractivity contribution is 14.0. The van der Waals surface area contributed by atoms with E-state index < -0.39 is 11.9 Å². The van der Waals surface area contributed by atoms with Crippen molar-refractivity contribution in [1.29, 1.82) is 0 Å². The molecule has 0 unspecified atom stereocenters. The van der Waals surface area contributed by atoms with Crippen LogP contribution in [0.1, 0.15) is 37.9 Å². The highest BCUT2D eigenvalue weighted by atomic mass is 127. The van der Waals surface area contributed by atoms with Crippen LogP contribution >= 0.6 is 24.0 Å². The van der Waals surface area contributed by atoms with Crippen LogP contribution in [-0.4, -0.2) is 52.9 Å². The summed E-state index contributed by atoms with van der Waals surface area (Å²) in [6.07, 6.45) is -1.92. The quantitative estimate of drug-likeness (QED) is 0.282. The minimum atomic E-state index is -4.51. The largest absolute Gasteiger partial charge is 0.466 e. The van der Waals surface area contributed by atoms with Crippen molar-refractivity contribution in [3.05, 3.63) is 17.5 Å². The predicted molar refractivity (Wildman–Crippen MR) is 109 cm³/mol. The molecule has 0 aliphatic carbocycles. The van der Waals surface area contributed by atoms with Gasteiger partial charge in [-0.2, -0.15) is 18.3 Å². The summed E-state index contributed by atoms with van der Waals surface area (Å²) in [5.74, 6) is 0.209. The minimum Gasteiger partial charge on any atom is -0.466 e. The van der Waals surface area contributed by atoms with Crippen molar-refractivity contribution < 1.29 is 22.7 Å². The number of aliphatic imine (C=N–C) groups is 1. The zero-order valence-corrected chi connectivity index (χ0v) is 18.6. The van der Waals surface area contributed by atoms with Gasteiger partial charge in [0.1, 0.15) is 0 Å². The topological polar surface area (TPSA) is 71.8 Å². The molecule has 11 heteroatoms. The number of nitrogens with zero attached hydrogens (tertiary/aromatic N) is 4. The predicted octanol–water partition coefficient (Wildman–Crippen LogP) is 2.80. The van der Waals surface area contributed by atoms with Crippen LogP contribution in [0.25, 0.3) is 0 Å². The molecule has 1 saturated heterocycles. The summed E-state index contributed by atoms with van der Waals surface area (Å²) < 4.78 is 45.4. The number of likely N-dealkylation sites (tertiary alicyclic amines) is 1. The van der Waals surface area contributed by atoms with Gasteiger partial charge in [-0.05, 0) is 26.7 Å². The molecule has 7 nitrogen and oxygen atoms in total. The van der Waals surface area contributed by atoms with E-state index in [-0.39, 0.29) is 48.0 Å². The fourth-order valence-electron chi connectivity index (χ4n) is 3.06. The lowest BCUT2D eigenvalue weighted by molar-refractivity contribution is -0.149. The number of esters is 1. The van der Waals surface area contributed by atoms with Crippen LogP contribution in [-0.2, 0) is 29.3 Å². The number of alkyl halides is 3. The van der Waals surface area contributed by atoms with Crippen molar-refractivity contribution in [2.24, 2.45) is 18.0 Å². The number of hydrogen-bond donors (Lipinski definition) is 1. The molecule has 0 bridgehead atoms. The van der Waals surface area contributed by atoms with Gasteiger partial charge in [-0.1, -0.05) is 0 Å². The average Bonchev–Trinajstić information content (AvgIpc) is 3.00. The van der Waals surface area contributed by atoms with Gasteiger partial charge < -0.3 is 15.0 Å². The molecule has 1 aromatic heterocycles. The maximum atomic E-state index is 13.1. The highest BCUT2D eigenvalue weighted by Crippen LogP contribution is 2.31. The highest BCUT2D eigenvalue weighted by Gasteiger charge is 2.37. The summed E-state index contributed by atoms with van der Waals surface area (Å²) >= 11 is 0. The van der Waals surface area contributed by atoms with Gasteiger partial charge in [0.15, 0.2) is 11.7 Å². The first kappa shape index (κ1) is 24.5. The summed E-state index contributed by atoms with van der Waals surface area (Å²) in [6, 6.07) is 0. The average molecular weight is 517 g/mol. The van der Waals surface area contributed by atoms with E-state index in [0.29, 0.717) is 45.0 Å². The van der Waals surface area contributed by atoms with Gasteiger partial charge >= 0.3 is 12.1 Å². The van der Waals surface area contributed by atoms with Crippen LogP contribution in [0.4, 0.5) is 13.2 Å². The van der Waals surface area contributed by atoms with Crippen molar-refractivity contribution in [2.45, 2.75) is 39.4 Å². The van der Waals surface area contributed by atoms with Crippen molar-refractivity contribution in [3.63, 3.8) is 0 Å². The van der Waals surface area contributed by atoms with E-state index in [0.717, 1.165) is 4.68 Å². The Hall–Kier alpha value is -1.53. The van der Waals surface area contributed by atoms with Crippen LogP contribution < -0.4 is 5.32 Å². The zero-order valence-electron chi connectivity index (χ0n) is 16.3. The summed E-state index contributed by atoms with van der Waals surface area (Å²) in [5.41, 5.74) is -0.882. The normalized spacial score (nSPS) is 15.9. The number of hydrogen-bond acceptors (Lipinski definition) is 4. The van der Waals surface area contributed by atoms with Gasteiger partial charge in [-0.25, -0.2) is 4.99 Å². The van der Waals surface area contributed by atoms with E-state index >= 15 is 0 Å². The van der Waals surface area contributed by atoms with E-state index in [9.17, 15) is 18.0 Å². The second kappa shape index (κ2) is 10.9. The molecule has 0 radical (unpaired) electrons. The fraction of sp³-hybridized carbons (Fsp3) is 0.706. The summed E-state index contributed by atoms with van der Waals surface area (Å²) in [7, 11) is 1.45. The number of halogens is 4. The molecule has 0 spiro atoms. The Kier molecular flexibility index (Phi) is 9.51. The number of ether oxygens (including phenoxy) is 1. The second-order valence-corrected chi connectivity index (χ2v) is 6.36. The Morgan fingerprint density at radius 2 is 2.00 bits per heavy atom. The van der Waals surface area contributed by atoms with Crippen LogP contribution in [0.5, 0.6) is 0 Å². The maximum Gasteiger partial charge on any atom is 0.435 e. The number of guanidine groups is 1.